The Kier molecular flexibility index (Phi) is 6.76. The number of piperazine rings is 1. The van der Waals surface area contributed by atoms with Crippen LogP contribution in [0.2, 0.25) is 5.02 Å². The van der Waals surface area contributed by atoms with E-state index in [0.29, 0.717) is 29.5 Å². The van der Waals surface area contributed by atoms with Crippen LogP contribution in [-0.4, -0.2) is 56.5 Å². The number of halogens is 1. The molecule has 3 aromatic rings. The number of nitriles is 1. The highest BCUT2D eigenvalue weighted by Crippen LogP contribution is 2.36. The lowest BCUT2D eigenvalue weighted by molar-refractivity contribution is 0.0593. The van der Waals surface area contributed by atoms with Gasteiger partial charge in [-0.1, -0.05) is 35.4 Å². The van der Waals surface area contributed by atoms with E-state index >= 15 is 0 Å². The highest BCUT2D eigenvalue weighted by Gasteiger charge is 2.31. The van der Waals surface area contributed by atoms with Crippen LogP contribution in [0, 0.1) is 18.3 Å². The van der Waals surface area contributed by atoms with E-state index in [9.17, 15) is 18.5 Å². The van der Waals surface area contributed by atoms with Gasteiger partial charge in [-0.3, -0.25) is 0 Å². The number of anilines is 2. The maximum absolute atomic E-state index is 13.1. The quantitative estimate of drug-likeness (QED) is 0.520. The molecule has 1 saturated heterocycles. The molecule has 0 radical (unpaired) electrons. The number of carbonyl (C=O) groups is 1. The van der Waals surface area contributed by atoms with Crippen LogP contribution in [0.15, 0.2) is 53.6 Å². The maximum atomic E-state index is 13.1. The van der Waals surface area contributed by atoms with Crippen molar-refractivity contribution in [2.45, 2.75) is 11.8 Å². The van der Waals surface area contributed by atoms with Crippen molar-refractivity contribution in [3.8, 4) is 11.8 Å². The number of nitrogens with two attached hydrogens (primary N) is 1. The van der Waals surface area contributed by atoms with Crippen LogP contribution >= 0.6 is 11.6 Å². The number of rotatable bonds is 5. The summed E-state index contributed by atoms with van der Waals surface area (Å²) in [6, 6.07) is 14.0. The van der Waals surface area contributed by atoms with Crippen LogP contribution in [0.4, 0.5) is 11.4 Å². The number of aromatic nitrogens is 1. The smallest absolute Gasteiger partial charge is 0.357 e. The van der Waals surface area contributed by atoms with Gasteiger partial charge in [0, 0.05) is 32.4 Å². The monoisotopic (exact) mass is 513 g/mol. The zero-order valence-electron chi connectivity index (χ0n) is 19.2. The largest absolute Gasteiger partial charge is 0.464 e. The lowest BCUT2D eigenvalue weighted by atomic mass is 10.2. The van der Waals surface area contributed by atoms with Gasteiger partial charge in [0.2, 0.25) is 10.0 Å². The molecule has 35 heavy (non-hydrogen) atoms. The van der Waals surface area contributed by atoms with Crippen LogP contribution < -0.4 is 10.6 Å². The van der Waals surface area contributed by atoms with Crippen LogP contribution in [0.3, 0.4) is 0 Å². The summed E-state index contributed by atoms with van der Waals surface area (Å²) in [6.45, 7) is 3.15. The average molecular weight is 514 g/mol. The zero-order chi connectivity index (χ0) is 25.3. The Morgan fingerprint density at radius 1 is 1.11 bits per heavy atom. The number of para-hydroxylation sites is 1. The van der Waals surface area contributed by atoms with Crippen molar-refractivity contribution in [1.82, 2.24) is 8.87 Å². The third-order valence-electron chi connectivity index (χ3n) is 5.98. The molecule has 9 nitrogen and oxygen atoms in total. The number of ether oxygens (including phenoxy) is 1. The van der Waals surface area contributed by atoms with Crippen LogP contribution in [0.1, 0.15) is 21.6 Å². The van der Waals surface area contributed by atoms with Crippen LogP contribution in [0.25, 0.3) is 5.69 Å². The summed E-state index contributed by atoms with van der Waals surface area (Å²) in [5, 5.41) is 9.87. The van der Waals surface area contributed by atoms with E-state index in [-0.39, 0.29) is 34.9 Å². The van der Waals surface area contributed by atoms with Crippen molar-refractivity contribution in [3.05, 3.63) is 70.5 Å². The van der Waals surface area contributed by atoms with Gasteiger partial charge in [-0.2, -0.15) is 9.57 Å². The second-order valence-electron chi connectivity index (χ2n) is 8.09. The molecule has 1 aliphatic heterocycles. The number of nitrogen functional groups attached to an aromatic ring is 1. The molecule has 0 saturated carbocycles. The van der Waals surface area contributed by atoms with Crippen molar-refractivity contribution in [2.24, 2.45) is 0 Å². The minimum absolute atomic E-state index is 0.0132. The van der Waals surface area contributed by atoms with E-state index in [4.69, 9.17) is 22.1 Å². The summed E-state index contributed by atoms with van der Waals surface area (Å²) in [5.41, 5.74) is 8.34. The molecule has 2 heterocycles. The molecule has 0 bridgehead atoms. The molecule has 182 valence electrons. The number of benzene rings is 2. The average Bonchev–Trinajstić information content (AvgIpc) is 3.19. The third kappa shape index (κ3) is 4.46. The molecule has 2 N–H and O–H groups in total. The van der Waals surface area contributed by atoms with E-state index in [0.717, 1.165) is 5.56 Å². The Balaban J connectivity index is 1.68. The van der Waals surface area contributed by atoms with E-state index in [1.165, 1.54) is 22.2 Å². The summed E-state index contributed by atoms with van der Waals surface area (Å²) in [7, 11) is -2.40. The fourth-order valence-electron chi connectivity index (χ4n) is 4.13. The molecule has 0 aliphatic carbocycles. The molecular formula is C24H24ClN5O4S. The normalized spacial score (nSPS) is 14.5. The number of hydrogen-bond donors (Lipinski definition) is 1. The number of nitrogens with zero attached hydrogens (tertiary/aromatic N) is 4. The highest BCUT2D eigenvalue weighted by atomic mass is 35.5. The van der Waals surface area contributed by atoms with E-state index in [2.05, 4.69) is 0 Å². The number of carbonyl (C=O) groups excluding carboxylic acids is 1. The third-order valence-corrected chi connectivity index (χ3v) is 8.20. The van der Waals surface area contributed by atoms with Gasteiger partial charge in [-0.15, -0.1) is 0 Å². The number of methoxy groups -OCH3 is 1. The first kappa shape index (κ1) is 24.6. The van der Waals surface area contributed by atoms with E-state index in [1.54, 1.807) is 42.5 Å². The number of sulfonamides is 1. The summed E-state index contributed by atoms with van der Waals surface area (Å²) >= 11 is 6.60. The van der Waals surface area contributed by atoms with Gasteiger partial charge in [0.15, 0.2) is 5.69 Å². The van der Waals surface area contributed by atoms with Gasteiger partial charge in [-0.25, -0.2) is 13.2 Å². The summed E-state index contributed by atoms with van der Waals surface area (Å²) in [4.78, 5) is 14.7. The molecule has 0 atom stereocenters. The van der Waals surface area contributed by atoms with Gasteiger partial charge in [0.05, 0.1) is 39.7 Å². The second-order valence-corrected chi connectivity index (χ2v) is 10.4. The highest BCUT2D eigenvalue weighted by molar-refractivity contribution is 7.89. The Morgan fingerprint density at radius 2 is 1.77 bits per heavy atom. The molecule has 2 aromatic carbocycles. The minimum atomic E-state index is -3.63. The minimum Gasteiger partial charge on any atom is -0.464 e. The summed E-state index contributed by atoms with van der Waals surface area (Å²) < 4.78 is 34.0. The first-order valence-corrected chi connectivity index (χ1v) is 12.6. The van der Waals surface area contributed by atoms with Crippen LogP contribution in [-0.2, 0) is 14.8 Å². The van der Waals surface area contributed by atoms with Crippen molar-refractivity contribution in [2.75, 3.05) is 43.9 Å². The molecule has 4 rings (SSSR count). The molecular weight excluding hydrogens is 490 g/mol. The van der Waals surface area contributed by atoms with Gasteiger partial charge in [0.25, 0.3) is 0 Å². The predicted molar refractivity (Wildman–Crippen MR) is 133 cm³/mol. The van der Waals surface area contributed by atoms with Crippen molar-refractivity contribution >= 4 is 39.0 Å². The van der Waals surface area contributed by atoms with Gasteiger partial charge in [-0.05, 0) is 31.2 Å². The Labute approximate surface area is 208 Å². The predicted octanol–water partition coefficient (Wildman–Crippen LogP) is 3.19. The first-order valence-electron chi connectivity index (χ1n) is 10.8. The topological polar surface area (TPSA) is 122 Å². The Hall–Kier alpha value is -3.52. The summed E-state index contributed by atoms with van der Waals surface area (Å²) in [6.07, 6.45) is 1.47. The standard InChI is InChI=1S/C24H24ClN5O4S/c1-16-6-8-18(9-7-16)35(32,33)29-12-10-28(11-13-29)22-19(25)4-3-5-20(22)30-15-17(14-26)21(27)23(30)24(31)34-2/h3-9,15H,10-13,27H2,1-2H3. The molecule has 0 spiro atoms. The molecule has 11 heteroatoms. The van der Waals surface area contributed by atoms with Gasteiger partial charge < -0.3 is 19.9 Å². The zero-order valence-corrected chi connectivity index (χ0v) is 20.8. The van der Waals surface area contributed by atoms with Crippen molar-refractivity contribution in [1.29, 1.82) is 5.26 Å². The lowest BCUT2D eigenvalue weighted by Gasteiger charge is -2.36. The second kappa shape index (κ2) is 9.62. The van der Waals surface area contributed by atoms with Gasteiger partial charge in [0.1, 0.15) is 6.07 Å². The Morgan fingerprint density at radius 3 is 2.37 bits per heavy atom. The molecule has 0 amide bonds. The molecule has 0 unspecified atom stereocenters. The van der Waals surface area contributed by atoms with E-state index in [1.807, 2.05) is 17.9 Å². The molecule has 1 fully saturated rings. The van der Waals surface area contributed by atoms with Crippen LogP contribution in [0.5, 0.6) is 0 Å². The molecule has 1 aliphatic rings. The molecule has 1 aromatic heterocycles. The lowest BCUT2D eigenvalue weighted by Crippen LogP contribution is -2.49. The fraction of sp³-hybridized carbons (Fsp3) is 0.250. The Bertz CT molecular complexity index is 1420. The van der Waals surface area contributed by atoms with Crippen molar-refractivity contribution in [3.63, 3.8) is 0 Å². The summed E-state index contributed by atoms with van der Waals surface area (Å²) in [5.74, 6) is -0.691. The fourth-order valence-corrected chi connectivity index (χ4v) is 5.84. The number of hydrogen-bond acceptors (Lipinski definition) is 7. The van der Waals surface area contributed by atoms with Gasteiger partial charge >= 0.3 is 5.97 Å². The van der Waals surface area contributed by atoms with Crippen molar-refractivity contribution < 1.29 is 17.9 Å². The van der Waals surface area contributed by atoms with E-state index < -0.39 is 16.0 Å². The SMILES string of the molecule is COC(=O)c1c(N)c(C#N)cn1-c1cccc(Cl)c1N1CCN(S(=O)(=O)c2ccc(C)cc2)CC1. The maximum Gasteiger partial charge on any atom is 0.357 e. The number of aryl methyl sites for hydroxylation is 1. The number of esters is 1. The first-order chi connectivity index (χ1) is 16.7.